The molecule has 0 aliphatic carbocycles. The average molecular weight is 373 g/mol. The van der Waals surface area contributed by atoms with Gasteiger partial charge in [-0.05, 0) is 55.7 Å². The number of amides is 1. The molecule has 1 heterocycles. The highest BCUT2D eigenvalue weighted by atomic mass is 32.1. The fourth-order valence-corrected chi connectivity index (χ4v) is 3.45. The molecule has 1 aromatic carbocycles. The second kappa shape index (κ2) is 9.29. The van der Waals surface area contributed by atoms with Crippen molar-refractivity contribution in [3.63, 3.8) is 0 Å². The molecule has 0 saturated carbocycles. The Morgan fingerprint density at radius 2 is 1.81 bits per heavy atom. The molecule has 1 N–H and O–H groups in total. The van der Waals surface area contributed by atoms with Gasteiger partial charge in [0.2, 0.25) is 5.91 Å². The lowest BCUT2D eigenvalue weighted by Crippen LogP contribution is -2.14. The summed E-state index contributed by atoms with van der Waals surface area (Å²) < 4.78 is 5.14. The Morgan fingerprint density at radius 3 is 2.38 bits per heavy atom. The third-order valence-corrected chi connectivity index (χ3v) is 4.98. The van der Waals surface area contributed by atoms with E-state index in [0.717, 1.165) is 23.3 Å². The quantitative estimate of drug-likeness (QED) is 0.550. The minimum Gasteiger partial charge on any atom is -0.453 e. The number of benzene rings is 1. The highest BCUT2D eigenvalue weighted by molar-refractivity contribution is 7.14. The largest absolute Gasteiger partial charge is 0.453 e. The minimum absolute atomic E-state index is 0.0572. The summed E-state index contributed by atoms with van der Waals surface area (Å²) in [5, 5.41) is 2.76. The van der Waals surface area contributed by atoms with Crippen LogP contribution in [-0.4, -0.2) is 24.3 Å². The Bertz CT molecular complexity index is 793. The van der Waals surface area contributed by atoms with Gasteiger partial charge in [0.1, 0.15) is 4.88 Å². The zero-order chi connectivity index (χ0) is 19.1. The molecule has 1 amide bonds. The summed E-state index contributed by atoms with van der Waals surface area (Å²) >= 11 is 1.38. The lowest BCUT2D eigenvalue weighted by atomic mass is 10.1. The minimum atomic E-state index is -0.477. The van der Waals surface area contributed by atoms with Crippen molar-refractivity contribution in [1.82, 2.24) is 0 Å². The number of ether oxygens (including phenoxy) is 1. The Morgan fingerprint density at radius 1 is 1.12 bits per heavy atom. The lowest BCUT2D eigenvalue weighted by Gasteiger charge is -2.06. The molecule has 2 aromatic rings. The number of anilines is 1. The number of aryl methyl sites for hydroxylation is 2. The molecule has 5 nitrogen and oxygen atoms in total. The first-order valence-corrected chi connectivity index (χ1v) is 9.45. The van der Waals surface area contributed by atoms with E-state index in [4.69, 9.17) is 4.74 Å². The van der Waals surface area contributed by atoms with Crippen molar-refractivity contribution in [3.8, 4) is 0 Å². The standard InChI is InChI=1S/C20H23NO4S/c1-4-6-19(23)21-16-9-7-15(8-10-16)17(22)12-25-20(24)18-11-14(5-2)13(3)26-18/h7-11H,4-6,12H2,1-3H3,(H,21,23). The van der Waals surface area contributed by atoms with Crippen LogP contribution in [-0.2, 0) is 16.0 Å². The van der Waals surface area contributed by atoms with Crippen LogP contribution >= 0.6 is 11.3 Å². The van der Waals surface area contributed by atoms with E-state index in [0.29, 0.717) is 22.5 Å². The maximum atomic E-state index is 12.2. The van der Waals surface area contributed by atoms with Gasteiger partial charge >= 0.3 is 5.97 Å². The number of hydrogen-bond acceptors (Lipinski definition) is 5. The summed E-state index contributed by atoms with van der Waals surface area (Å²) in [6, 6.07) is 8.38. The van der Waals surface area contributed by atoms with Crippen LogP contribution in [0.3, 0.4) is 0 Å². The Balaban J connectivity index is 1.90. The number of thiophene rings is 1. The normalized spacial score (nSPS) is 10.4. The molecule has 1 aromatic heterocycles. The summed E-state index contributed by atoms with van der Waals surface area (Å²) in [4.78, 5) is 37.4. The van der Waals surface area contributed by atoms with Crippen LogP contribution in [0, 0.1) is 6.92 Å². The smallest absolute Gasteiger partial charge is 0.348 e. The van der Waals surface area contributed by atoms with Gasteiger partial charge in [-0.2, -0.15) is 0 Å². The molecule has 0 aliphatic heterocycles. The molecule has 2 rings (SSSR count). The molecule has 0 aliphatic rings. The number of esters is 1. The van der Waals surface area contributed by atoms with Gasteiger partial charge in [0, 0.05) is 22.5 Å². The highest BCUT2D eigenvalue weighted by Gasteiger charge is 2.15. The lowest BCUT2D eigenvalue weighted by molar-refractivity contribution is -0.116. The van der Waals surface area contributed by atoms with Crippen LogP contribution in [0.5, 0.6) is 0 Å². The van der Waals surface area contributed by atoms with E-state index in [1.807, 2.05) is 26.8 Å². The second-order valence-electron chi connectivity index (χ2n) is 5.92. The van der Waals surface area contributed by atoms with E-state index in [-0.39, 0.29) is 18.3 Å². The number of nitrogens with one attached hydrogen (secondary N) is 1. The van der Waals surface area contributed by atoms with Crippen LogP contribution in [0.15, 0.2) is 30.3 Å². The number of carbonyl (C=O) groups is 3. The summed E-state index contributed by atoms with van der Waals surface area (Å²) in [7, 11) is 0. The predicted octanol–water partition coefficient (Wildman–Crippen LogP) is 4.40. The zero-order valence-electron chi connectivity index (χ0n) is 15.3. The molecule has 0 saturated heterocycles. The van der Waals surface area contributed by atoms with Crippen LogP contribution in [0.1, 0.15) is 57.2 Å². The van der Waals surface area contributed by atoms with Crippen molar-refractivity contribution in [2.45, 2.75) is 40.0 Å². The van der Waals surface area contributed by atoms with Crippen LogP contribution < -0.4 is 5.32 Å². The second-order valence-corrected chi connectivity index (χ2v) is 7.18. The molecule has 0 unspecified atom stereocenters. The predicted molar refractivity (Wildman–Crippen MR) is 103 cm³/mol. The molecular weight excluding hydrogens is 350 g/mol. The average Bonchev–Trinajstić information content (AvgIpc) is 3.01. The topological polar surface area (TPSA) is 72.5 Å². The van der Waals surface area contributed by atoms with Crippen molar-refractivity contribution in [2.75, 3.05) is 11.9 Å². The first-order valence-electron chi connectivity index (χ1n) is 8.64. The third kappa shape index (κ3) is 5.26. The molecule has 0 atom stereocenters. The first kappa shape index (κ1) is 19.8. The molecular formula is C20H23NO4S. The maximum Gasteiger partial charge on any atom is 0.348 e. The van der Waals surface area contributed by atoms with E-state index < -0.39 is 5.97 Å². The summed E-state index contributed by atoms with van der Waals surface area (Å²) in [6.07, 6.45) is 2.09. The van der Waals surface area contributed by atoms with Gasteiger partial charge in [-0.25, -0.2) is 4.79 Å². The van der Waals surface area contributed by atoms with E-state index in [1.165, 1.54) is 11.3 Å². The van der Waals surface area contributed by atoms with Crippen molar-refractivity contribution < 1.29 is 19.1 Å². The molecule has 0 spiro atoms. The van der Waals surface area contributed by atoms with E-state index >= 15 is 0 Å². The number of carbonyl (C=O) groups excluding carboxylic acids is 3. The highest BCUT2D eigenvalue weighted by Crippen LogP contribution is 2.22. The number of hydrogen-bond donors (Lipinski definition) is 1. The van der Waals surface area contributed by atoms with Gasteiger partial charge in [-0.15, -0.1) is 11.3 Å². The van der Waals surface area contributed by atoms with Gasteiger partial charge in [0.05, 0.1) is 0 Å². The van der Waals surface area contributed by atoms with Gasteiger partial charge < -0.3 is 10.1 Å². The fourth-order valence-electron chi connectivity index (χ4n) is 2.45. The number of Topliss-reactive ketones (excluding diaryl/α,β-unsaturated/α-hetero) is 1. The maximum absolute atomic E-state index is 12.2. The van der Waals surface area contributed by atoms with Gasteiger partial charge in [0.15, 0.2) is 12.4 Å². The molecule has 0 radical (unpaired) electrons. The van der Waals surface area contributed by atoms with Gasteiger partial charge in [-0.3, -0.25) is 9.59 Å². The van der Waals surface area contributed by atoms with Crippen molar-refractivity contribution in [2.24, 2.45) is 0 Å². The number of ketones is 1. The third-order valence-electron chi connectivity index (χ3n) is 3.90. The van der Waals surface area contributed by atoms with Crippen molar-refractivity contribution in [1.29, 1.82) is 0 Å². The molecule has 138 valence electrons. The Hall–Kier alpha value is -2.47. The molecule has 26 heavy (non-hydrogen) atoms. The van der Waals surface area contributed by atoms with E-state index in [1.54, 1.807) is 24.3 Å². The van der Waals surface area contributed by atoms with Crippen molar-refractivity contribution in [3.05, 3.63) is 51.2 Å². The number of rotatable bonds is 8. The Kier molecular flexibility index (Phi) is 7.09. The van der Waals surface area contributed by atoms with Crippen LogP contribution in [0.4, 0.5) is 5.69 Å². The monoisotopic (exact) mass is 373 g/mol. The van der Waals surface area contributed by atoms with E-state index in [2.05, 4.69) is 5.32 Å². The summed E-state index contributed by atoms with van der Waals surface area (Å²) in [6.45, 7) is 5.62. The zero-order valence-corrected chi connectivity index (χ0v) is 16.1. The molecule has 6 heteroatoms. The molecule has 0 bridgehead atoms. The van der Waals surface area contributed by atoms with Gasteiger partial charge in [-0.1, -0.05) is 13.8 Å². The summed E-state index contributed by atoms with van der Waals surface area (Å²) in [5.41, 5.74) is 2.19. The SMILES string of the molecule is CCCC(=O)Nc1ccc(C(=O)COC(=O)c2cc(CC)c(C)s2)cc1. The first-order chi connectivity index (χ1) is 12.4. The van der Waals surface area contributed by atoms with E-state index in [9.17, 15) is 14.4 Å². The Labute approximate surface area is 157 Å². The summed E-state index contributed by atoms with van der Waals surface area (Å²) in [5.74, 6) is -0.818. The van der Waals surface area contributed by atoms with Crippen LogP contribution in [0.25, 0.3) is 0 Å². The van der Waals surface area contributed by atoms with Crippen LogP contribution in [0.2, 0.25) is 0 Å². The van der Waals surface area contributed by atoms with Gasteiger partial charge in [0.25, 0.3) is 0 Å². The molecule has 0 fully saturated rings. The fraction of sp³-hybridized carbons (Fsp3) is 0.350. The van der Waals surface area contributed by atoms with Crippen molar-refractivity contribution >= 4 is 34.7 Å².